The summed E-state index contributed by atoms with van der Waals surface area (Å²) in [5.74, 6) is 6.16. The van der Waals surface area contributed by atoms with Gasteiger partial charge in [-0.15, -0.1) is 0 Å². The van der Waals surface area contributed by atoms with E-state index >= 15 is 0 Å². The molecule has 1 saturated carbocycles. The summed E-state index contributed by atoms with van der Waals surface area (Å²) in [4.78, 5) is 11.2. The molecule has 0 atom stereocenters. The zero-order chi connectivity index (χ0) is 14.5. The summed E-state index contributed by atoms with van der Waals surface area (Å²) < 4.78 is 5.05. The molecule has 0 aromatic heterocycles. The predicted molar refractivity (Wildman–Crippen MR) is 83.3 cm³/mol. The number of ether oxygens (including phenoxy) is 1. The number of unbranched alkanes of at least 4 members (excludes halogenated alkanes) is 9. The van der Waals surface area contributed by atoms with Crippen LogP contribution in [-0.2, 0) is 9.53 Å². The Morgan fingerprint density at radius 3 is 2.15 bits per heavy atom. The van der Waals surface area contributed by atoms with Crippen molar-refractivity contribution in [1.29, 1.82) is 0 Å². The molecule has 0 N–H and O–H groups in total. The third-order valence-electron chi connectivity index (χ3n) is 3.73. The molecule has 0 amide bonds. The number of esters is 1. The van der Waals surface area contributed by atoms with Gasteiger partial charge in [-0.05, 0) is 19.3 Å². The first-order valence-corrected chi connectivity index (χ1v) is 8.47. The lowest BCUT2D eigenvalue weighted by molar-refractivity contribution is -0.143. The number of rotatable bonds is 11. The summed E-state index contributed by atoms with van der Waals surface area (Å²) in [6, 6.07) is 0. The van der Waals surface area contributed by atoms with Gasteiger partial charge in [0.15, 0.2) is 6.61 Å². The second-order valence-corrected chi connectivity index (χ2v) is 5.81. The summed E-state index contributed by atoms with van der Waals surface area (Å²) in [5, 5.41) is 0. The Hall–Kier alpha value is -0.970. The van der Waals surface area contributed by atoms with E-state index in [2.05, 4.69) is 18.8 Å². The van der Waals surface area contributed by atoms with Gasteiger partial charge >= 0.3 is 5.97 Å². The molecule has 2 heteroatoms. The molecule has 1 rings (SSSR count). The molecule has 20 heavy (non-hydrogen) atoms. The monoisotopic (exact) mass is 278 g/mol. The minimum Gasteiger partial charge on any atom is -0.452 e. The van der Waals surface area contributed by atoms with E-state index in [1.165, 1.54) is 57.8 Å². The fraction of sp³-hybridized carbons (Fsp3) is 0.833. The number of carbonyl (C=O) groups is 1. The molecule has 114 valence electrons. The molecule has 1 fully saturated rings. The maximum atomic E-state index is 11.2. The van der Waals surface area contributed by atoms with Crippen LogP contribution in [0.1, 0.15) is 84.0 Å². The molecule has 2 nitrogen and oxygen atoms in total. The Morgan fingerprint density at radius 2 is 1.55 bits per heavy atom. The number of carbonyl (C=O) groups excluding carboxylic acids is 1. The van der Waals surface area contributed by atoms with Crippen molar-refractivity contribution in [2.45, 2.75) is 84.0 Å². The first kappa shape index (κ1) is 17.1. The third-order valence-corrected chi connectivity index (χ3v) is 3.73. The Bertz CT molecular complexity index is 307. The Balaban J connectivity index is 1.76. The van der Waals surface area contributed by atoms with Crippen LogP contribution in [0.25, 0.3) is 0 Å². The SMILES string of the molecule is CCCCCCCCCCCC#CCOC(=O)C1CC1. The van der Waals surface area contributed by atoms with Crippen molar-refractivity contribution < 1.29 is 9.53 Å². The minimum atomic E-state index is -0.0534. The molecule has 1 aliphatic rings. The molecule has 0 spiro atoms. The second kappa shape index (κ2) is 11.8. The first-order valence-electron chi connectivity index (χ1n) is 8.47. The fourth-order valence-corrected chi connectivity index (χ4v) is 2.21. The highest BCUT2D eigenvalue weighted by atomic mass is 16.5. The zero-order valence-electron chi connectivity index (χ0n) is 13.1. The molecular formula is C18H30O2. The van der Waals surface area contributed by atoms with E-state index in [1.54, 1.807) is 0 Å². The standard InChI is InChI=1S/C18H30O2/c1-2-3-4-5-6-7-8-9-10-11-12-13-16-20-18(19)17-14-15-17/h17H,2-11,14-16H2,1H3. The Morgan fingerprint density at radius 1 is 0.950 bits per heavy atom. The largest absolute Gasteiger partial charge is 0.452 e. The highest BCUT2D eigenvalue weighted by Gasteiger charge is 2.30. The van der Waals surface area contributed by atoms with Crippen molar-refractivity contribution in [3.8, 4) is 11.8 Å². The van der Waals surface area contributed by atoms with Gasteiger partial charge in [-0.25, -0.2) is 0 Å². The highest BCUT2D eigenvalue weighted by Crippen LogP contribution is 2.29. The van der Waals surface area contributed by atoms with Crippen LogP contribution in [-0.4, -0.2) is 12.6 Å². The van der Waals surface area contributed by atoms with E-state index in [0.717, 1.165) is 19.3 Å². The molecule has 0 saturated heterocycles. The van der Waals surface area contributed by atoms with Crippen molar-refractivity contribution in [2.75, 3.05) is 6.61 Å². The molecule has 0 radical (unpaired) electrons. The third kappa shape index (κ3) is 9.89. The van der Waals surface area contributed by atoms with E-state index in [9.17, 15) is 4.79 Å². The molecule has 0 heterocycles. The van der Waals surface area contributed by atoms with E-state index in [4.69, 9.17) is 4.74 Å². The molecule has 0 bridgehead atoms. The molecule has 1 aliphatic carbocycles. The van der Waals surface area contributed by atoms with Crippen LogP contribution in [0.5, 0.6) is 0 Å². The molecular weight excluding hydrogens is 248 g/mol. The lowest BCUT2D eigenvalue weighted by Crippen LogP contribution is -2.06. The van der Waals surface area contributed by atoms with Gasteiger partial charge in [0.05, 0.1) is 5.92 Å². The normalized spacial score (nSPS) is 13.7. The van der Waals surface area contributed by atoms with Crippen LogP contribution in [0.15, 0.2) is 0 Å². The van der Waals surface area contributed by atoms with Gasteiger partial charge < -0.3 is 4.74 Å². The van der Waals surface area contributed by atoms with Gasteiger partial charge in [0.2, 0.25) is 0 Å². The van der Waals surface area contributed by atoms with Crippen molar-refractivity contribution in [1.82, 2.24) is 0 Å². The van der Waals surface area contributed by atoms with Crippen LogP contribution in [0.2, 0.25) is 0 Å². The Labute approximate surface area is 124 Å². The smallest absolute Gasteiger partial charge is 0.309 e. The van der Waals surface area contributed by atoms with Crippen molar-refractivity contribution in [2.24, 2.45) is 5.92 Å². The van der Waals surface area contributed by atoms with Gasteiger partial charge in [-0.1, -0.05) is 70.1 Å². The van der Waals surface area contributed by atoms with E-state index in [0.29, 0.717) is 0 Å². The van der Waals surface area contributed by atoms with E-state index in [-0.39, 0.29) is 18.5 Å². The lowest BCUT2D eigenvalue weighted by atomic mass is 10.1. The van der Waals surface area contributed by atoms with E-state index in [1.807, 2.05) is 0 Å². The van der Waals surface area contributed by atoms with Gasteiger partial charge in [-0.2, -0.15) is 0 Å². The summed E-state index contributed by atoms with van der Waals surface area (Å²) in [6.07, 6.45) is 15.0. The van der Waals surface area contributed by atoms with Crippen LogP contribution in [0.4, 0.5) is 0 Å². The van der Waals surface area contributed by atoms with Crippen LogP contribution < -0.4 is 0 Å². The second-order valence-electron chi connectivity index (χ2n) is 5.81. The van der Waals surface area contributed by atoms with Crippen LogP contribution in [0, 0.1) is 17.8 Å². The highest BCUT2D eigenvalue weighted by molar-refractivity contribution is 5.75. The lowest BCUT2D eigenvalue weighted by Gasteiger charge is -2.00. The number of hydrogen-bond acceptors (Lipinski definition) is 2. The number of hydrogen-bond donors (Lipinski definition) is 0. The predicted octanol–water partition coefficient (Wildman–Crippen LogP) is 4.86. The zero-order valence-corrected chi connectivity index (χ0v) is 13.1. The summed E-state index contributed by atoms with van der Waals surface area (Å²) in [6.45, 7) is 2.54. The maximum Gasteiger partial charge on any atom is 0.309 e. The first-order chi connectivity index (χ1) is 9.84. The quantitative estimate of drug-likeness (QED) is 0.306. The van der Waals surface area contributed by atoms with Crippen molar-refractivity contribution in [3.63, 3.8) is 0 Å². The average Bonchev–Trinajstić information content (AvgIpc) is 3.28. The topological polar surface area (TPSA) is 26.3 Å². The Kier molecular flexibility index (Phi) is 10.1. The minimum absolute atomic E-state index is 0.0534. The summed E-state index contributed by atoms with van der Waals surface area (Å²) in [5.41, 5.74) is 0. The van der Waals surface area contributed by atoms with Crippen LogP contribution >= 0.6 is 0 Å². The molecule has 0 aromatic carbocycles. The van der Waals surface area contributed by atoms with Gasteiger partial charge in [0.1, 0.15) is 0 Å². The molecule has 0 aromatic rings. The van der Waals surface area contributed by atoms with Crippen molar-refractivity contribution in [3.05, 3.63) is 0 Å². The molecule has 0 aliphatic heterocycles. The van der Waals surface area contributed by atoms with E-state index < -0.39 is 0 Å². The van der Waals surface area contributed by atoms with Gasteiger partial charge in [0.25, 0.3) is 0 Å². The molecule has 0 unspecified atom stereocenters. The van der Waals surface area contributed by atoms with Gasteiger partial charge in [-0.3, -0.25) is 4.79 Å². The van der Waals surface area contributed by atoms with Crippen molar-refractivity contribution >= 4 is 5.97 Å². The fourth-order valence-electron chi connectivity index (χ4n) is 2.21. The van der Waals surface area contributed by atoms with Crippen LogP contribution in [0.3, 0.4) is 0 Å². The summed E-state index contributed by atoms with van der Waals surface area (Å²) in [7, 11) is 0. The maximum absolute atomic E-state index is 11.2. The van der Waals surface area contributed by atoms with Gasteiger partial charge in [0, 0.05) is 6.42 Å². The average molecular weight is 278 g/mol. The summed E-state index contributed by atoms with van der Waals surface area (Å²) >= 11 is 0.